The first kappa shape index (κ1) is 23.8. The number of anilines is 1. The van der Waals surface area contributed by atoms with Gasteiger partial charge in [-0.3, -0.25) is 4.98 Å². The van der Waals surface area contributed by atoms with Crippen molar-refractivity contribution in [3.05, 3.63) is 36.0 Å². The molecule has 33 heavy (non-hydrogen) atoms. The number of nitrogens with one attached hydrogen (secondary N) is 1. The highest BCUT2D eigenvalue weighted by Crippen LogP contribution is 2.38. The van der Waals surface area contributed by atoms with Gasteiger partial charge in [-0.25, -0.2) is 0 Å². The number of benzene rings is 1. The summed E-state index contributed by atoms with van der Waals surface area (Å²) in [4.78, 5) is 9.70. The van der Waals surface area contributed by atoms with Crippen molar-refractivity contribution in [2.45, 2.75) is 38.8 Å². The fraction of sp³-hybridized carbons (Fsp3) is 0.600. The minimum absolute atomic E-state index is 0.588. The zero-order valence-corrected chi connectivity index (χ0v) is 18.9. The molecule has 1 aromatic heterocycles. The Morgan fingerprint density at radius 1 is 1.15 bits per heavy atom. The minimum atomic E-state index is -3.67. The molecule has 3 aliphatic heterocycles. The van der Waals surface area contributed by atoms with Crippen molar-refractivity contribution in [2.24, 2.45) is 11.3 Å². The number of hydrogen-bond donors (Lipinski definition) is 1. The van der Waals surface area contributed by atoms with E-state index in [1.807, 2.05) is 12.1 Å². The Morgan fingerprint density at radius 2 is 1.94 bits per heavy atom. The van der Waals surface area contributed by atoms with Gasteiger partial charge in [-0.05, 0) is 87.3 Å². The number of pyridine rings is 1. The Kier molecular flexibility index (Phi) is 7.71. The van der Waals surface area contributed by atoms with Crippen molar-refractivity contribution in [3.63, 3.8) is 0 Å². The summed E-state index contributed by atoms with van der Waals surface area (Å²) in [7, 11) is 0. The molecular weight excluding hydrogens is 427 g/mol. The van der Waals surface area contributed by atoms with Gasteiger partial charge in [0.15, 0.2) is 0 Å². The van der Waals surface area contributed by atoms with Gasteiger partial charge in [-0.1, -0.05) is 0 Å². The average Bonchev–Trinajstić information content (AvgIpc) is 3.28. The van der Waals surface area contributed by atoms with E-state index >= 15 is 0 Å². The number of hydrogen-bond acceptors (Lipinski definition) is 5. The highest BCUT2D eigenvalue weighted by molar-refractivity contribution is 5.95. The van der Waals surface area contributed by atoms with Crippen LogP contribution in [0.25, 0.3) is 10.9 Å². The topological polar surface area (TPSA) is 55.2 Å². The van der Waals surface area contributed by atoms with Crippen LogP contribution in [0.4, 0.5) is 18.9 Å². The molecule has 3 fully saturated rings. The molecule has 8 heteroatoms. The van der Waals surface area contributed by atoms with Crippen molar-refractivity contribution in [1.82, 2.24) is 15.2 Å². The Labute approximate surface area is 193 Å². The van der Waals surface area contributed by atoms with Crippen LogP contribution in [0.2, 0.25) is 0 Å². The summed E-state index contributed by atoms with van der Waals surface area (Å²) in [5.41, 5.74) is 3.32. The lowest BCUT2D eigenvalue weighted by Gasteiger charge is -2.45. The summed E-state index contributed by atoms with van der Waals surface area (Å²) in [5.74, 6) is 0.732. The van der Waals surface area contributed by atoms with Crippen molar-refractivity contribution in [1.29, 1.82) is 5.26 Å². The van der Waals surface area contributed by atoms with Crippen LogP contribution in [0.3, 0.4) is 0 Å². The summed E-state index contributed by atoms with van der Waals surface area (Å²) >= 11 is 0. The van der Waals surface area contributed by atoms with E-state index in [9.17, 15) is 18.4 Å². The van der Waals surface area contributed by atoms with E-state index in [1.165, 1.54) is 70.5 Å². The van der Waals surface area contributed by atoms with E-state index in [4.69, 9.17) is 0 Å². The number of nitrogens with zero attached hydrogens (tertiary/aromatic N) is 4. The Morgan fingerprint density at radius 3 is 2.64 bits per heavy atom. The monoisotopic (exact) mass is 459 g/mol. The van der Waals surface area contributed by atoms with Crippen molar-refractivity contribution in [3.8, 4) is 6.07 Å². The van der Waals surface area contributed by atoms with Crippen LogP contribution in [-0.4, -0.2) is 62.4 Å². The molecule has 1 N–H and O–H groups in total. The molecule has 1 spiro atoms. The fourth-order valence-electron chi connectivity index (χ4n) is 5.76. The van der Waals surface area contributed by atoms with E-state index in [0.717, 1.165) is 29.9 Å². The molecule has 3 saturated heterocycles. The van der Waals surface area contributed by atoms with Gasteiger partial charge in [0, 0.05) is 43.4 Å². The highest BCUT2D eigenvalue weighted by atomic mass is 19.4. The third kappa shape index (κ3) is 5.77. The molecule has 0 radical (unpaired) electrons. The maximum atomic E-state index is 9.67. The zero-order valence-electron chi connectivity index (χ0n) is 18.9. The second kappa shape index (κ2) is 10.7. The molecule has 2 aromatic rings. The lowest BCUT2D eigenvalue weighted by Crippen LogP contribution is -2.48. The van der Waals surface area contributed by atoms with Crippen LogP contribution < -0.4 is 10.2 Å². The normalized spacial score (nSPS) is 22.9. The molecule has 0 amide bonds. The molecule has 178 valence electrons. The fourth-order valence-corrected chi connectivity index (χ4v) is 5.76. The van der Waals surface area contributed by atoms with Gasteiger partial charge in [0.2, 0.25) is 0 Å². The van der Waals surface area contributed by atoms with Crippen LogP contribution in [0, 0.1) is 22.7 Å². The van der Waals surface area contributed by atoms with E-state index < -0.39 is 6.68 Å². The average molecular weight is 460 g/mol. The number of aromatic nitrogens is 1. The quantitative estimate of drug-likeness (QED) is 0.728. The minimum Gasteiger partial charge on any atom is -0.371 e. The smallest absolute Gasteiger partial charge is 0.371 e. The third-order valence-electron chi connectivity index (χ3n) is 7.49. The number of rotatable bonds is 3. The van der Waals surface area contributed by atoms with Gasteiger partial charge in [0.1, 0.15) is 6.07 Å². The molecule has 5 rings (SSSR count). The number of halogens is 3. The van der Waals surface area contributed by atoms with Crippen molar-refractivity contribution >= 4 is 16.6 Å². The predicted molar refractivity (Wildman–Crippen MR) is 124 cm³/mol. The van der Waals surface area contributed by atoms with Crippen LogP contribution in [0.1, 0.15) is 37.7 Å². The predicted octanol–water partition coefficient (Wildman–Crippen LogP) is 4.58. The van der Waals surface area contributed by atoms with Crippen LogP contribution in [0.15, 0.2) is 30.5 Å². The van der Waals surface area contributed by atoms with Gasteiger partial charge in [-0.15, -0.1) is 0 Å². The first-order valence-electron chi connectivity index (χ1n) is 11.9. The van der Waals surface area contributed by atoms with Crippen molar-refractivity contribution < 1.29 is 13.2 Å². The van der Waals surface area contributed by atoms with E-state index in [0.29, 0.717) is 11.0 Å². The molecule has 0 saturated carbocycles. The molecular formula is C25H32F3N5. The summed E-state index contributed by atoms with van der Waals surface area (Å²) < 4.78 is 29.0. The molecule has 1 unspecified atom stereocenters. The Bertz CT molecular complexity index is 957. The van der Waals surface area contributed by atoms with Gasteiger partial charge >= 0.3 is 6.68 Å². The SMILES string of the molecule is FC(F)F.N#Cc1ccc(N2CCC(CN3CCC4(CCCNC4)CC3)C2)c2cccnc12. The first-order valence-corrected chi connectivity index (χ1v) is 11.9. The number of nitriles is 1. The molecule has 3 aliphatic rings. The van der Waals surface area contributed by atoms with E-state index in [2.05, 4.69) is 38.3 Å². The highest BCUT2D eigenvalue weighted by Gasteiger charge is 2.36. The van der Waals surface area contributed by atoms with E-state index in [-0.39, 0.29) is 0 Å². The van der Waals surface area contributed by atoms with Crippen LogP contribution >= 0.6 is 0 Å². The molecule has 5 nitrogen and oxygen atoms in total. The molecule has 0 bridgehead atoms. The Hall–Kier alpha value is -2.37. The number of fused-ring (bicyclic) bond motifs is 1. The molecule has 4 heterocycles. The van der Waals surface area contributed by atoms with Gasteiger partial charge in [0.05, 0.1) is 11.1 Å². The first-order chi connectivity index (χ1) is 16.0. The van der Waals surface area contributed by atoms with E-state index in [1.54, 1.807) is 6.20 Å². The molecule has 1 aromatic carbocycles. The second-order valence-corrected chi connectivity index (χ2v) is 9.57. The summed E-state index contributed by atoms with van der Waals surface area (Å²) in [6, 6.07) is 10.4. The van der Waals surface area contributed by atoms with Gasteiger partial charge in [-0.2, -0.15) is 18.4 Å². The summed E-state index contributed by atoms with van der Waals surface area (Å²) in [6.45, 7) is 4.75. The summed E-state index contributed by atoms with van der Waals surface area (Å²) in [5, 5.41) is 14.1. The number of piperidine rings is 2. The maximum Gasteiger partial charge on any atom is 0.379 e. The lowest BCUT2D eigenvalue weighted by atomic mass is 9.73. The largest absolute Gasteiger partial charge is 0.379 e. The second-order valence-electron chi connectivity index (χ2n) is 9.57. The van der Waals surface area contributed by atoms with Crippen LogP contribution in [0.5, 0.6) is 0 Å². The number of alkyl halides is 3. The third-order valence-corrected chi connectivity index (χ3v) is 7.49. The maximum absolute atomic E-state index is 9.67. The zero-order chi connectivity index (χ0) is 23.3. The lowest BCUT2D eigenvalue weighted by molar-refractivity contribution is 0.00819. The standard InChI is InChI=1S/C24H31N5.CHF3/c25-15-20-4-5-22(21-3-1-11-27-23(20)21)29-12-6-19(17-29)16-28-13-8-24(9-14-28)7-2-10-26-18-24;2-1(3)4/h1,3-5,11,19,26H,2,6-10,12-14,16-18H2;1H. The van der Waals surface area contributed by atoms with Crippen LogP contribution in [-0.2, 0) is 0 Å². The Balaban J connectivity index is 0.000000601. The van der Waals surface area contributed by atoms with Gasteiger partial charge < -0.3 is 15.1 Å². The van der Waals surface area contributed by atoms with Crippen molar-refractivity contribution in [2.75, 3.05) is 50.7 Å². The summed E-state index contributed by atoms with van der Waals surface area (Å²) in [6.07, 6.45) is 8.54. The number of likely N-dealkylation sites (tertiary alicyclic amines) is 1. The van der Waals surface area contributed by atoms with Gasteiger partial charge in [0.25, 0.3) is 0 Å². The molecule has 0 aliphatic carbocycles. The molecule has 1 atom stereocenters.